The number of Topliss-reactive ketones (excluding diaryl/α,β-unsaturated/α-hetero) is 1. The van der Waals surface area contributed by atoms with Gasteiger partial charge in [-0.2, -0.15) is 0 Å². The predicted molar refractivity (Wildman–Crippen MR) is 112 cm³/mol. The molecule has 1 heterocycles. The molecular weight excluding hydrogens is 368 g/mol. The van der Waals surface area contributed by atoms with Crippen LogP contribution in [-0.4, -0.2) is 44.0 Å². The van der Waals surface area contributed by atoms with Crippen LogP contribution in [0.15, 0.2) is 59.8 Å². The number of aryl methyl sites for hydroxylation is 1. The second-order valence-corrected chi connectivity index (χ2v) is 7.03. The van der Waals surface area contributed by atoms with E-state index in [1.807, 2.05) is 62.4 Å². The van der Waals surface area contributed by atoms with E-state index in [1.54, 1.807) is 19.1 Å². The third-order valence-electron chi connectivity index (χ3n) is 5.04. The van der Waals surface area contributed by atoms with Gasteiger partial charge in [0.25, 0.3) is 11.7 Å². The van der Waals surface area contributed by atoms with E-state index in [9.17, 15) is 9.59 Å². The summed E-state index contributed by atoms with van der Waals surface area (Å²) in [5.74, 6) is -0.283. The van der Waals surface area contributed by atoms with Gasteiger partial charge in [-0.3, -0.25) is 9.59 Å². The van der Waals surface area contributed by atoms with E-state index in [0.29, 0.717) is 30.2 Å². The monoisotopic (exact) mass is 394 g/mol. The van der Waals surface area contributed by atoms with Crippen molar-refractivity contribution in [1.29, 1.82) is 0 Å². The average molecular weight is 394 g/mol. The van der Waals surface area contributed by atoms with Crippen LogP contribution in [0.4, 0.5) is 5.69 Å². The van der Waals surface area contributed by atoms with Crippen LogP contribution in [0.3, 0.4) is 0 Å². The molecule has 3 rings (SSSR count). The van der Waals surface area contributed by atoms with Gasteiger partial charge in [0.2, 0.25) is 0 Å². The van der Waals surface area contributed by atoms with Crippen molar-refractivity contribution in [3.8, 4) is 5.75 Å². The Morgan fingerprint density at radius 1 is 1.03 bits per heavy atom. The molecule has 152 valence electrons. The molecule has 2 aromatic rings. The number of nitrogens with one attached hydrogen (secondary N) is 1. The molecule has 6 heteroatoms. The Balaban J connectivity index is 2.03. The molecule has 0 bridgehead atoms. The largest absolute Gasteiger partial charge is 0.497 e. The van der Waals surface area contributed by atoms with E-state index in [0.717, 1.165) is 16.8 Å². The third-order valence-corrected chi connectivity index (χ3v) is 5.04. The van der Waals surface area contributed by atoms with Gasteiger partial charge in [0.05, 0.1) is 25.3 Å². The first-order valence-electron chi connectivity index (χ1n) is 9.49. The van der Waals surface area contributed by atoms with Gasteiger partial charge in [0.1, 0.15) is 5.75 Å². The minimum absolute atomic E-state index is 0.332. The Labute approximate surface area is 171 Å². The minimum Gasteiger partial charge on any atom is -0.497 e. The molecule has 2 aromatic carbocycles. The lowest BCUT2D eigenvalue weighted by atomic mass is 9.97. The zero-order valence-electron chi connectivity index (χ0n) is 17.2. The minimum atomic E-state index is -0.511. The Bertz CT molecular complexity index is 917. The van der Waals surface area contributed by atoms with Crippen LogP contribution in [0.1, 0.15) is 24.1 Å². The summed E-state index contributed by atoms with van der Waals surface area (Å²) in [7, 11) is 3.18. The van der Waals surface area contributed by atoms with E-state index in [2.05, 4.69) is 5.32 Å². The van der Waals surface area contributed by atoms with E-state index in [1.165, 1.54) is 0 Å². The standard InChI is InChI=1S/C23H26N2O4/c1-15-5-9-18(10-6-15)24-16(2)20-21(17-7-11-19(29-4)12-8-17)25(13-14-28-3)23(27)22(20)26/h5-12,21,24H,13-14H2,1-4H3/b20-16+. The molecule has 0 radical (unpaired) electrons. The van der Waals surface area contributed by atoms with Gasteiger partial charge in [0.15, 0.2) is 0 Å². The van der Waals surface area contributed by atoms with Gasteiger partial charge in [-0.05, 0) is 43.7 Å². The van der Waals surface area contributed by atoms with Gasteiger partial charge >= 0.3 is 0 Å². The number of benzene rings is 2. The highest BCUT2D eigenvalue weighted by atomic mass is 16.5. The summed E-state index contributed by atoms with van der Waals surface area (Å²) < 4.78 is 10.4. The lowest BCUT2D eigenvalue weighted by Crippen LogP contribution is -2.32. The molecule has 1 saturated heterocycles. The molecule has 0 spiro atoms. The maximum Gasteiger partial charge on any atom is 0.295 e. The number of carbonyl (C=O) groups is 2. The van der Waals surface area contributed by atoms with Crippen LogP contribution in [0, 0.1) is 6.92 Å². The molecule has 6 nitrogen and oxygen atoms in total. The second kappa shape index (κ2) is 8.92. The Kier molecular flexibility index (Phi) is 6.34. The zero-order chi connectivity index (χ0) is 21.0. The van der Waals surface area contributed by atoms with Crippen LogP contribution < -0.4 is 10.1 Å². The van der Waals surface area contributed by atoms with E-state index >= 15 is 0 Å². The van der Waals surface area contributed by atoms with Crippen LogP contribution in [0.2, 0.25) is 0 Å². The fourth-order valence-electron chi connectivity index (χ4n) is 3.49. The van der Waals surface area contributed by atoms with Crippen molar-refractivity contribution in [1.82, 2.24) is 4.90 Å². The molecule has 1 aliphatic heterocycles. The van der Waals surface area contributed by atoms with Crippen molar-refractivity contribution in [3.05, 3.63) is 70.9 Å². The summed E-state index contributed by atoms with van der Waals surface area (Å²) in [6.07, 6.45) is 0. The molecule has 1 atom stereocenters. The maximum absolute atomic E-state index is 12.9. The summed E-state index contributed by atoms with van der Waals surface area (Å²) in [5.41, 5.74) is 3.98. The number of likely N-dealkylation sites (tertiary alicyclic amines) is 1. The highest BCUT2D eigenvalue weighted by Crippen LogP contribution is 2.38. The number of amides is 1. The third kappa shape index (κ3) is 4.32. The maximum atomic E-state index is 12.9. The molecular formula is C23H26N2O4. The number of ether oxygens (including phenoxy) is 2. The molecule has 0 aromatic heterocycles. The fourth-order valence-corrected chi connectivity index (χ4v) is 3.49. The SMILES string of the molecule is COCCN1C(=O)C(=O)/C(=C(\C)Nc2ccc(C)cc2)C1c1ccc(OC)cc1. The number of rotatable bonds is 7. The van der Waals surface area contributed by atoms with Crippen molar-refractivity contribution in [2.75, 3.05) is 32.7 Å². The lowest BCUT2D eigenvalue weighted by Gasteiger charge is -2.25. The number of ketones is 1. The molecule has 29 heavy (non-hydrogen) atoms. The van der Waals surface area contributed by atoms with Crippen LogP contribution in [-0.2, 0) is 14.3 Å². The van der Waals surface area contributed by atoms with Crippen LogP contribution in [0.5, 0.6) is 5.75 Å². The summed E-state index contributed by atoms with van der Waals surface area (Å²) in [4.78, 5) is 27.3. The highest BCUT2D eigenvalue weighted by molar-refractivity contribution is 6.45. The molecule has 1 unspecified atom stereocenters. The fraction of sp³-hybridized carbons (Fsp3) is 0.304. The molecule has 1 amide bonds. The van der Waals surface area contributed by atoms with Crippen LogP contribution in [0.25, 0.3) is 0 Å². The number of allylic oxidation sites excluding steroid dienone is 1. The lowest BCUT2D eigenvalue weighted by molar-refractivity contribution is -0.140. The summed E-state index contributed by atoms with van der Waals surface area (Å²) in [6, 6.07) is 14.8. The summed E-state index contributed by atoms with van der Waals surface area (Å²) >= 11 is 0. The van der Waals surface area contributed by atoms with Crippen molar-refractivity contribution >= 4 is 17.4 Å². The van der Waals surface area contributed by atoms with Crippen LogP contribution >= 0.6 is 0 Å². The van der Waals surface area contributed by atoms with E-state index < -0.39 is 17.7 Å². The number of hydrogen-bond donors (Lipinski definition) is 1. The normalized spacial score (nSPS) is 18.2. The average Bonchev–Trinajstić information content (AvgIpc) is 2.98. The Morgan fingerprint density at radius 3 is 2.28 bits per heavy atom. The molecule has 0 aliphatic carbocycles. The highest BCUT2D eigenvalue weighted by Gasteiger charge is 2.44. The predicted octanol–water partition coefficient (Wildman–Crippen LogP) is 3.49. The number of carbonyl (C=O) groups excluding carboxylic acids is 2. The number of anilines is 1. The first kappa shape index (κ1) is 20.6. The first-order valence-corrected chi connectivity index (χ1v) is 9.49. The van der Waals surface area contributed by atoms with Crippen molar-refractivity contribution in [2.45, 2.75) is 19.9 Å². The van der Waals surface area contributed by atoms with Gasteiger partial charge in [-0.15, -0.1) is 0 Å². The smallest absolute Gasteiger partial charge is 0.295 e. The topological polar surface area (TPSA) is 67.9 Å². The zero-order valence-corrected chi connectivity index (χ0v) is 17.2. The molecule has 1 aliphatic rings. The van der Waals surface area contributed by atoms with E-state index in [4.69, 9.17) is 9.47 Å². The molecule has 0 saturated carbocycles. The molecule has 1 N–H and O–H groups in total. The number of nitrogens with zero attached hydrogens (tertiary/aromatic N) is 1. The number of hydrogen-bond acceptors (Lipinski definition) is 5. The van der Waals surface area contributed by atoms with Crippen molar-refractivity contribution in [3.63, 3.8) is 0 Å². The van der Waals surface area contributed by atoms with Crippen molar-refractivity contribution in [2.24, 2.45) is 0 Å². The molecule has 1 fully saturated rings. The van der Waals surface area contributed by atoms with Crippen molar-refractivity contribution < 1.29 is 19.1 Å². The second-order valence-electron chi connectivity index (χ2n) is 7.03. The number of methoxy groups -OCH3 is 2. The summed E-state index contributed by atoms with van der Waals surface area (Å²) in [5, 5.41) is 3.28. The van der Waals surface area contributed by atoms with Gasteiger partial charge in [-0.1, -0.05) is 29.8 Å². The van der Waals surface area contributed by atoms with E-state index in [-0.39, 0.29) is 0 Å². The summed E-state index contributed by atoms with van der Waals surface area (Å²) in [6.45, 7) is 4.53. The quantitative estimate of drug-likeness (QED) is 0.575. The Hall–Kier alpha value is -3.12. The first-order chi connectivity index (χ1) is 14.0. The van der Waals surface area contributed by atoms with Gasteiger partial charge in [0, 0.05) is 25.0 Å². The van der Waals surface area contributed by atoms with Gasteiger partial charge < -0.3 is 19.7 Å². The Morgan fingerprint density at radius 2 is 1.69 bits per heavy atom. The van der Waals surface area contributed by atoms with Gasteiger partial charge in [-0.25, -0.2) is 0 Å².